The summed E-state index contributed by atoms with van der Waals surface area (Å²) in [4.78, 5) is 68.6. The standard InChI is InChI=1S/C48H58N6O10S/c1-29(2)61-33-20-18-31(19-21-33)41-50-39-35-15-10-11-17-38(35)64-40(39)43(51-41)62-34-26-37-42(55)52-48(45(57)53-65(59,60)47(3)24-25-47)23-22-30(27-48)12-6-4-5-7-16-36(44(56)54(37)28-34)49-46(58)63-32-13-8-9-14-32/h10-12,15,17-21,29,32,34,36-37H,4-9,13-14,16,22-28H2,1-3H3,(H,49,58)(H,52,55)(H,53,57)/b30-12-/t34-,36+,37+,48-/m1/s1. The van der Waals surface area contributed by atoms with Gasteiger partial charge in [-0.2, -0.15) is 4.98 Å². The highest BCUT2D eigenvalue weighted by Crippen LogP contribution is 2.43. The molecule has 9 rings (SSSR count). The number of nitrogens with one attached hydrogen (secondary N) is 3. The minimum absolute atomic E-state index is 0.0145. The Balaban J connectivity index is 1.06. The summed E-state index contributed by atoms with van der Waals surface area (Å²) in [5.41, 5.74) is 1.43. The number of aromatic nitrogens is 2. The number of allylic oxidation sites excluding steroid dienone is 1. The zero-order chi connectivity index (χ0) is 45.5. The van der Waals surface area contributed by atoms with Crippen molar-refractivity contribution in [2.45, 2.75) is 158 Å². The van der Waals surface area contributed by atoms with Gasteiger partial charge in [-0.3, -0.25) is 19.1 Å². The van der Waals surface area contributed by atoms with E-state index in [1.807, 2.05) is 62.4 Å². The van der Waals surface area contributed by atoms with E-state index in [-0.39, 0.29) is 49.5 Å². The number of alkyl carbamates (subject to hydrolysis) is 1. The fraction of sp³-hybridized carbons (Fsp3) is 0.542. The van der Waals surface area contributed by atoms with Crippen LogP contribution < -0.4 is 24.8 Å². The molecule has 2 aliphatic heterocycles. The lowest BCUT2D eigenvalue weighted by atomic mass is 9.95. The number of hydrogen-bond acceptors (Lipinski definition) is 12. The molecule has 2 aromatic carbocycles. The van der Waals surface area contributed by atoms with E-state index in [1.54, 1.807) is 6.92 Å². The van der Waals surface area contributed by atoms with Crippen LogP contribution in [0.3, 0.4) is 0 Å². The predicted molar refractivity (Wildman–Crippen MR) is 241 cm³/mol. The van der Waals surface area contributed by atoms with Crippen molar-refractivity contribution in [3.63, 3.8) is 0 Å². The van der Waals surface area contributed by atoms with Crippen LogP contribution in [0.2, 0.25) is 0 Å². The highest BCUT2D eigenvalue weighted by molar-refractivity contribution is 7.91. The van der Waals surface area contributed by atoms with Gasteiger partial charge in [0.15, 0.2) is 5.82 Å². The third kappa shape index (κ3) is 9.38. The second kappa shape index (κ2) is 17.9. The van der Waals surface area contributed by atoms with Crippen molar-refractivity contribution in [3.05, 3.63) is 60.2 Å². The first-order chi connectivity index (χ1) is 31.2. The average molecular weight is 911 g/mol. The molecule has 4 fully saturated rings. The van der Waals surface area contributed by atoms with Crippen molar-refractivity contribution in [2.75, 3.05) is 6.54 Å². The number of sulfonamides is 1. The van der Waals surface area contributed by atoms with Gasteiger partial charge in [-0.15, -0.1) is 0 Å². The number of carbonyl (C=O) groups is 4. The molecule has 4 aromatic rings. The van der Waals surface area contributed by atoms with Crippen molar-refractivity contribution in [1.29, 1.82) is 0 Å². The van der Waals surface area contributed by atoms with Crippen molar-refractivity contribution < 1.29 is 46.2 Å². The van der Waals surface area contributed by atoms with Crippen LogP contribution in [0.5, 0.6) is 11.6 Å². The lowest BCUT2D eigenvalue weighted by molar-refractivity contribution is -0.142. The second-order valence-electron chi connectivity index (χ2n) is 18.9. The van der Waals surface area contributed by atoms with Crippen molar-refractivity contribution in [1.82, 2.24) is 30.2 Å². The first kappa shape index (κ1) is 44.5. The summed E-state index contributed by atoms with van der Waals surface area (Å²) in [5, 5.41) is 6.58. The van der Waals surface area contributed by atoms with Gasteiger partial charge < -0.3 is 34.2 Å². The highest BCUT2D eigenvalue weighted by Gasteiger charge is 2.55. The van der Waals surface area contributed by atoms with E-state index < -0.39 is 62.3 Å². The van der Waals surface area contributed by atoms with Gasteiger partial charge in [-0.1, -0.05) is 36.6 Å². The van der Waals surface area contributed by atoms with Crippen LogP contribution in [-0.4, -0.2) is 94.3 Å². The maximum absolute atomic E-state index is 14.9. The van der Waals surface area contributed by atoms with E-state index in [0.29, 0.717) is 66.8 Å². The zero-order valence-corrected chi connectivity index (χ0v) is 38.0. The molecule has 65 heavy (non-hydrogen) atoms. The smallest absolute Gasteiger partial charge is 0.408 e. The fourth-order valence-electron chi connectivity index (χ4n) is 9.61. The normalized spacial score (nSPS) is 25.9. The number of furan rings is 1. The van der Waals surface area contributed by atoms with E-state index in [4.69, 9.17) is 28.6 Å². The average Bonchev–Trinajstić information content (AvgIpc) is 3.73. The molecule has 346 valence electrons. The van der Waals surface area contributed by atoms with Crippen molar-refractivity contribution >= 4 is 55.9 Å². The van der Waals surface area contributed by atoms with Gasteiger partial charge in [-0.05, 0) is 128 Å². The van der Waals surface area contributed by atoms with E-state index in [9.17, 15) is 27.6 Å². The van der Waals surface area contributed by atoms with Crippen molar-refractivity contribution in [2.24, 2.45) is 0 Å². The number of amides is 4. The molecule has 1 saturated heterocycles. The number of fused-ring (bicyclic) bond motifs is 6. The first-order valence-corrected chi connectivity index (χ1v) is 24.6. The minimum Gasteiger partial charge on any atom is -0.491 e. The summed E-state index contributed by atoms with van der Waals surface area (Å²) < 4.78 is 52.7. The van der Waals surface area contributed by atoms with E-state index >= 15 is 0 Å². The van der Waals surface area contributed by atoms with Gasteiger partial charge in [0.25, 0.3) is 11.8 Å². The Bertz CT molecular complexity index is 2620. The Morgan fingerprint density at radius 3 is 2.45 bits per heavy atom. The van der Waals surface area contributed by atoms with Gasteiger partial charge in [0.1, 0.15) is 46.7 Å². The first-order valence-electron chi connectivity index (χ1n) is 23.2. The molecule has 0 spiro atoms. The topological polar surface area (TPSA) is 208 Å². The zero-order valence-electron chi connectivity index (χ0n) is 37.2. The third-order valence-corrected chi connectivity index (χ3v) is 15.8. The number of hydrogen-bond donors (Lipinski definition) is 3. The molecule has 2 aromatic heterocycles. The molecule has 0 radical (unpaired) electrons. The number of para-hydroxylation sites is 1. The number of rotatable bonds is 10. The fourth-order valence-corrected chi connectivity index (χ4v) is 10.9. The van der Waals surface area contributed by atoms with Gasteiger partial charge in [0, 0.05) is 23.8 Å². The van der Waals surface area contributed by atoms with Crippen LogP contribution in [0, 0.1) is 0 Å². The van der Waals surface area contributed by atoms with Crippen LogP contribution in [0.15, 0.2) is 64.6 Å². The number of nitrogens with zero attached hydrogens (tertiary/aromatic N) is 3. The molecule has 3 N–H and O–H groups in total. The van der Waals surface area contributed by atoms with Gasteiger partial charge in [0.05, 0.1) is 17.4 Å². The van der Waals surface area contributed by atoms with Crippen LogP contribution in [0.4, 0.5) is 4.79 Å². The van der Waals surface area contributed by atoms with Gasteiger partial charge in [-0.25, -0.2) is 18.2 Å². The molecular weight excluding hydrogens is 853 g/mol. The van der Waals surface area contributed by atoms with Crippen LogP contribution >= 0.6 is 0 Å². The highest BCUT2D eigenvalue weighted by atomic mass is 32.2. The number of carbonyl (C=O) groups excluding carboxylic acids is 4. The second-order valence-corrected chi connectivity index (χ2v) is 21.1. The molecule has 4 amide bonds. The number of ether oxygens (including phenoxy) is 3. The molecular formula is C48H58N6O10S. The molecule has 5 aliphatic rings. The van der Waals surface area contributed by atoms with E-state index in [0.717, 1.165) is 49.5 Å². The van der Waals surface area contributed by atoms with Crippen LogP contribution in [0.1, 0.15) is 117 Å². The lowest BCUT2D eigenvalue weighted by Gasteiger charge is -2.33. The molecule has 17 heteroatoms. The Labute approximate surface area is 378 Å². The van der Waals surface area contributed by atoms with Gasteiger partial charge in [0.2, 0.25) is 27.4 Å². The Hall–Kier alpha value is -5.71. The summed E-state index contributed by atoms with van der Waals surface area (Å²) in [7, 11) is -4.04. The van der Waals surface area contributed by atoms with E-state index in [1.165, 1.54) is 4.90 Å². The van der Waals surface area contributed by atoms with E-state index in [2.05, 4.69) is 21.4 Å². The molecule has 3 saturated carbocycles. The molecule has 4 atom stereocenters. The Kier molecular flexibility index (Phi) is 12.3. The minimum atomic E-state index is -4.04. The SMILES string of the molecule is CC(C)Oc1ccc(-c2nc(O[C@@H]3C[C@H]4C(=O)N[C@]5(C(=O)NS(=O)(=O)C6(C)CC6)CC/C(=C/CCCCC[C@H](NC(=O)OC6CCCC6)C(=O)N4C3)C5)c3oc4ccccc4c3n2)cc1. The summed E-state index contributed by atoms with van der Waals surface area (Å²) in [6.45, 7) is 5.42. The lowest BCUT2D eigenvalue weighted by Crippen LogP contribution is -2.62. The van der Waals surface area contributed by atoms with Crippen LogP contribution in [-0.2, 0) is 29.1 Å². The maximum Gasteiger partial charge on any atom is 0.408 e. The third-order valence-electron chi connectivity index (χ3n) is 13.6. The van der Waals surface area contributed by atoms with Crippen molar-refractivity contribution in [3.8, 4) is 23.0 Å². The summed E-state index contributed by atoms with van der Waals surface area (Å²) in [5.74, 6) is -0.777. The maximum atomic E-state index is 14.9. The summed E-state index contributed by atoms with van der Waals surface area (Å²) in [6, 6.07) is 12.7. The monoisotopic (exact) mass is 910 g/mol. The Morgan fingerprint density at radius 2 is 1.69 bits per heavy atom. The molecule has 3 aliphatic carbocycles. The summed E-state index contributed by atoms with van der Waals surface area (Å²) in [6.07, 6.45) is 8.60. The molecule has 16 nitrogen and oxygen atoms in total. The summed E-state index contributed by atoms with van der Waals surface area (Å²) >= 11 is 0. The van der Waals surface area contributed by atoms with Gasteiger partial charge >= 0.3 is 6.09 Å². The quantitative estimate of drug-likeness (QED) is 0.136. The molecule has 4 heterocycles. The molecule has 0 unspecified atom stereocenters. The molecule has 2 bridgehead atoms. The predicted octanol–water partition coefficient (Wildman–Crippen LogP) is 7.14. The Morgan fingerprint density at radius 1 is 0.938 bits per heavy atom. The van der Waals surface area contributed by atoms with Crippen LogP contribution in [0.25, 0.3) is 33.5 Å². The largest absolute Gasteiger partial charge is 0.491 e. The number of benzene rings is 2.